The van der Waals surface area contributed by atoms with Crippen LogP contribution in [0.5, 0.6) is 0 Å². The van der Waals surface area contributed by atoms with Crippen LogP contribution in [0.1, 0.15) is 30.2 Å². The monoisotopic (exact) mass is 301 g/mol. The van der Waals surface area contributed by atoms with Crippen LogP contribution in [0.3, 0.4) is 0 Å². The molecule has 0 saturated heterocycles. The van der Waals surface area contributed by atoms with Gasteiger partial charge in [0.25, 0.3) is 6.43 Å². The lowest BCUT2D eigenvalue weighted by atomic mass is 10.0. The second kappa shape index (κ2) is 6.10. The second-order valence-electron chi connectivity index (χ2n) is 3.63. The number of carbonyl (C=O) groups excluding carboxylic acids is 1. The van der Waals surface area contributed by atoms with Crippen molar-refractivity contribution >= 4 is 5.97 Å². The maximum Gasteiger partial charge on any atom is 0.418 e. The first-order valence-corrected chi connectivity index (χ1v) is 5.36. The van der Waals surface area contributed by atoms with E-state index in [4.69, 9.17) is 0 Å². The number of carbonyl (C=O) groups is 1. The van der Waals surface area contributed by atoms with Crippen molar-refractivity contribution in [3.05, 3.63) is 28.8 Å². The van der Waals surface area contributed by atoms with E-state index in [1.165, 1.54) is 6.92 Å². The van der Waals surface area contributed by atoms with Crippen molar-refractivity contribution in [1.29, 1.82) is 0 Å². The van der Waals surface area contributed by atoms with Crippen molar-refractivity contribution in [1.82, 2.24) is 4.98 Å². The van der Waals surface area contributed by atoms with Gasteiger partial charge in [0, 0.05) is 5.56 Å². The first kappa shape index (κ1) is 16.3. The van der Waals surface area contributed by atoms with Crippen LogP contribution in [0.2, 0.25) is 0 Å². The Labute approximate surface area is 109 Å². The summed E-state index contributed by atoms with van der Waals surface area (Å²) in [6.07, 6.45) is -9.68. The Morgan fingerprint density at radius 1 is 1.40 bits per heavy atom. The Morgan fingerprint density at radius 2 is 2.00 bits per heavy atom. The number of esters is 1. The van der Waals surface area contributed by atoms with Crippen LogP contribution >= 0.6 is 0 Å². The molecule has 0 spiro atoms. The third-order valence-corrected chi connectivity index (χ3v) is 2.28. The number of aromatic nitrogens is 1. The van der Waals surface area contributed by atoms with Gasteiger partial charge in [-0.1, -0.05) is 0 Å². The van der Waals surface area contributed by atoms with Crippen molar-refractivity contribution in [3.8, 4) is 0 Å². The SMILES string of the molecule is CCOC(=O)Cc1c(F)cnc(C(F)F)c1C(F)(F)F. The lowest BCUT2D eigenvalue weighted by Crippen LogP contribution is -2.19. The third kappa shape index (κ3) is 3.61. The summed E-state index contributed by atoms with van der Waals surface area (Å²) in [5.41, 5.74) is -4.74. The van der Waals surface area contributed by atoms with Gasteiger partial charge >= 0.3 is 12.1 Å². The predicted octanol–water partition coefficient (Wildman–Crippen LogP) is 3.28. The molecule has 1 aromatic rings. The standard InChI is InChI=1S/C11H9F6NO2/c1-2-20-7(19)3-5-6(12)4-18-9(10(13)14)8(5)11(15,16)17/h4,10H,2-3H2,1H3. The lowest BCUT2D eigenvalue weighted by molar-refractivity contribution is -0.144. The number of rotatable bonds is 4. The molecule has 9 heteroatoms. The Bertz CT molecular complexity index is 500. The summed E-state index contributed by atoms with van der Waals surface area (Å²) in [5.74, 6) is -2.64. The zero-order valence-electron chi connectivity index (χ0n) is 10.1. The van der Waals surface area contributed by atoms with E-state index in [9.17, 15) is 31.1 Å². The Kier molecular flexibility index (Phi) is 4.96. The van der Waals surface area contributed by atoms with Gasteiger partial charge in [0.15, 0.2) is 0 Å². The van der Waals surface area contributed by atoms with Gasteiger partial charge in [-0.3, -0.25) is 9.78 Å². The molecule has 0 aromatic carbocycles. The highest BCUT2D eigenvalue weighted by Gasteiger charge is 2.41. The van der Waals surface area contributed by atoms with E-state index < -0.39 is 47.6 Å². The highest BCUT2D eigenvalue weighted by atomic mass is 19.4. The highest BCUT2D eigenvalue weighted by Crippen LogP contribution is 2.38. The van der Waals surface area contributed by atoms with Crippen molar-refractivity contribution in [3.63, 3.8) is 0 Å². The van der Waals surface area contributed by atoms with Crippen LogP contribution in [-0.4, -0.2) is 17.6 Å². The molecule has 1 heterocycles. The van der Waals surface area contributed by atoms with Crippen LogP contribution < -0.4 is 0 Å². The number of hydrogen-bond donors (Lipinski definition) is 0. The van der Waals surface area contributed by atoms with E-state index in [-0.39, 0.29) is 12.8 Å². The first-order chi connectivity index (χ1) is 9.18. The van der Waals surface area contributed by atoms with Gasteiger partial charge < -0.3 is 4.74 Å². The number of hydrogen-bond acceptors (Lipinski definition) is 3. The number of halogens is 6. The maximum atomic E-state index is 13.4. The van der Waals surface area contributed by atoms with Gasteiger partial charge in [-0.05, 0) is 6.92 Å². The van der Waals surface area contributed by atoms with Gasteiger partial charge in [-0.2, -0.15) is 13.2 Å². The molecule has 0 aliphatic heterocycles. The van der Waals surface area contributed by atoms with Gasteiger partial charge in [0.2, 0.25) is 0 Å². The maximum absolute atomic E-state index is 13.4. The average molecular weight is 301 g/mol. The molecule has 0 radical (unpaired) electrons. The molecule has 20 heavy (non-hydrogen) atoms. The fraction of sp³-hybridized carbons (Fsp3) is 0.455. The number of pyridine rings is 1. The predicted molar refractivity (Wildman–Crippen MR) is 54.5 cm³/mol. The quantitative estimate of drug-likeness (QED) is 0.633. The topological polar surface area (TPSA) is 39.2 Å². The molecule has 0 unspecified atom stereocenters. The summed E-state index contributed by atoms with van der Waals surface area (Å²) in [4.78, 5) is 13.9. The van der Waals surface area contributed by atoms with Crippen LogP contribution in [0.4, 0.5) is 26.3 Å². The molecule has 0 fully saturated rings. The third-order valence-electron chi connectivity index (χ3n) is 2.28. The fourth-order valence-electron chi connectivity index (χ4n) is 1.55. The molecule has 3 nitrogen and oxygen atoms in total. The van der Waals surface area contributed by atoms with Crippen LogP contribution in [0.15, 0.2) is 6.20 Å². The second-order valence-corrected chi connectivity index (χ2v) is 3.63. The molecular formula is C11H9F6NO2. The number of ether oxygens (including phenoxy) is 1. The first-order valence-electron chi connectivity index (χ1n) is 5.36. The van der Waals surface area contributed by atoms with Crippen molar-refractivity contribution in [2.75, 3.05) is 6.61 Å². The highest BCUT2D eigenvalue weighted by molar-refractivity contribution is 5.73. The van der Waals surface area contributed by atoms with Gasteiger partial charge in [0.1, 0.15) is 11.5 Å². The van der Waals surface area contributed by atoms with Crippen molar-refractivity contribution < 1.29 is 35.9 Å². The summed E-state index contributed by atoms with van der Waals surface area (Å²) in [6, 6.07) is 0. The molecule has 0 atom stereocenters. The van der Waals surface area contributed by atoms with E-state index in [1.54, 1.807) is 0 Å². The Hall–Kier alpha value is -1.80. The van der Waals surface area contributed by atoms with Crippen LogP contribution in [0.25, 0.3) is 0 Å². The van der Waals surface area contributed by atoms with E-state index >= 15 is 0 Å². The van der Waals surface area contributed by atoms with Crippen LogP contribution in [0, 0.1) is 5.82 Å². The van der Waals surface area contributed by atoms with E-state index in [2.05, 4.69) is 9.72 Å². The van der Waals surface area contributed by atoms with Crippen LogP contribution in [-0.2, 0) is 22.1 Å². The molecule has 0 bridgehead atoms. The average Bonchev–Trinajstić information content (AvgIpc) is 2.29. The molecule has 112 valence electrons. The summed E-state index contributed by atoms with van der Waals surface area (Å²) in [6.45, 7) is 1.27. The minimum atomic E-state index is -5.26. The smallest absolute Gasteiger partial charge is 0.418 e. The normalized spacial score (nSPS) is 11.8. The Morgan fingerprint density at radius 3 is 2.45 bits per heavy atom. The lowest BCUT2D eigenvalue weighted by Gasteiger charge is -2.16. The summed E-state index contributed by atoms with van der Waals surface area (Å²) in [7, 11) is 0. The summed E-state index contributed by atoms with van der Waals surface area (Å²) >= 11 is 0. The summed E-state index contributed by atoms with van der Waals surface area (Å²) in [5, 5.41) is 0. The summed E-state index contributed by atoms with van der Waals surface area (Å²) < 4.78 is 81.3. The molecule has 0 aliphatic rings. The van der Waals surface area contributed by atoms with Gasteiger partial charge in [-0.25, -0.2) is 13.2 Å². The molecule has 1 rings (SSSR count). The fourth-order valence-corrected chi connectivity index (χ4v) is 1.55. The molecule has 0 N–H and O–H groups in total. The largest absolute Gasteiger partial charge is 0.466 e. The minimum absolute atomic E-state index is 0.130. The molecule has 0 aliphatic carbocycles. The zero-order chi connectivity index (χ0) is 15.5. The molecule has 0 amide bonds. The molecule has 0 saturated carbocycles. The van der Waals surface area contributed by atoms with Gasteiger partial charge in [-0.15, -0.1) is 0 Å². The van der Waals surface area contributed by atoms with Gasteiger partial charge in [0.05, 0.1) is 24.8 Å². The van der Waals surface area contributed by atoms with E-state index in [1.807, 2.05) is 0 Å². The molecular weight excluding hydrogens is 292 g/mol. The molecule has 1 aromatic heterocycles. The Balaban J connectivity index is 3.40. The van der Waals surface area contributed by atoms with E-state index in [0.29, 0.717) is 0 Å². The minimum Gasteiger partial charge on any atom is -0.466 e. The van der Waals surface area contributed by atoms with Crippen molar-refractivity contribution in [2.45, 2.75) is 25.9 Å². The van der Waals surface area contributed by atoms with Crippen molar-refractivity contribution in [2.24, 2.45) is 0 Å². The number of nitrogens with zero attached hydrogens (tertiary/aromatic N) is 1. The zero-order valence-corrected chi connectivity index (χ0v) is 10.1. The number of alkyl halides is 5. The van der Waals surface area contributed by atoms with E-state index in [0.717, 1.165) is 0 Å².